The molecule has 6 heteroatoms. The predicted molar refractivity (Wildman–Crippen MR) is 103 cm³/mol. The van der Waals surface area contributed by atoms with Crippen molar-refractivity contribution in [2.24, 2.45) is 11.3 Å². The molecule has 3 rings (SSSR count). The number of nitrogens with one attached hydrogen (secondary N) is 1. The van der Waals surface area contributed by atoms with Crippen LogP contribution in [0.3, 0.4) is 0 Å². The lowest BCUT2D eigenvalue weighted by Gasteiger charge is -2.43. The second-order valence-electron chi connectivity index (χ2n) is 8.88. The van der Waals surface area contributed by atoms with E-state index in [1.165, 1.54) is 4.90 Å². The molecule has 3 amide bonds. The van der Waals surface area contributed by atoms with E-state index in [4.69, 9.17) is 11.6 Å². The molecular formula is C20H28ClN3O2. The third-order valence-electron chi connectivity index (χ3n) is 5.37. The Morgan fingerprint density at radius 2 is 1.88 bits per heavy atom. The number of halogens is 1. The minimum absolute atomic E-state index is 0.0474. The molecule has 2 atom stereocenters. The number of hydrogen-bond acceptors (Lipinski definition) is 3. The highest BCUT2D eigenvalue weighted by Crippen LogP contribution is 2.46. The molecule has 1 aromatic carbocycles. The van der Waals surface area contributed by atoms with E-state index >= 15 is 0 Å². The van der Waals surface area contributed by atoms with Crippen LogP contribution in [0, 0.1) is 11.3 Å². The molecule has 0 radical (unpaired) electrons. The summed E-state index contributed by atoms with van der Waals surface area (Å²) < 4.78 is 0. The average Bonchev–Trinajstić information content (AvgIpc) is 2.71. The van der Waals surface area contributed by atoms with Crippen molar-refractivity contribution in [3.63, 3.8) is 0 Å². The minimum Gasteiger partial charge on any atom is -0.323 e. The summed E-state index contributed by atoms with van der Waals surface area (Å²) in [7, 11) is 1.91. The number of hydrogen-bond donors (Lipinski definition) is 1. The summed E-state index contributed by atoms with van der Waals surface area (Å²) in [4.78, 5) is 29.0. The van der Waals surface area contributed by atoms with Gasteiger partial charge < -0.3 is 5.32 Å². The first kappa shape index (κ1) is 19.2. The largest absolute Gasteiger partial charge is 0.326 e. The van der Waals surface area contributed by atoms with Crippen LogP contribution in [0.5, 0.6) is 0 Å². The van der Waals surface area contributed by atoms with Gasteiger partial charge in [-0.05, 0) is 55.3 Å². The molecule has 2 fully saturated rings. The zero-order valence-corrected chi connectivity index (χ0v) is 16.8. The van der Waals surface area contributed by atoms with Crippen molar-refractivity contribution in [1.82, 2.24) is 15.1 Å². The van der Waals surface area contributed by atoms with E-state index in [1.54, 1.807) is 0 Å². The van der Waals surface area contributed by atoms with E-state index in [9.17, 15) is 9.59 Å². The Bertz CT molecular complexity index is 704. The summed E-state index contributed by atoms with van der Waals surface area (Å²) in [6.07, 6.45) is 2.50. The highest BCUT2D eigenvalue weighted by atomic mass is 35.5. The number of amides is 3. The molecule has 2 unspecified atom stereocenters. The van der Waals surface area contributed by atoms with Crippen molar-refractivity contribution in [2.45, 2.75) is 52.1 Å². The van der Waals surface area contributed by atoms with Gasteiger partial charge in [0.05, 0.1) is 6.67 Å². The number of urea groups is 1. The van der Waals surface area contributed by atoms with Crippen molar-refractivity contribution >= 4 is 23.5 Å². The first-order valence-corrected chi connectivity index (χ1v) is 9.55. The molecule has 142 valence electrons. The summed E-state index contributed by atoms with van der Waals surface area (Å²) in [5.74, 6) is 0.333. The third kappa shape index (κ3) is 3.89. The fraction of sp³-hybridized carbons (Fsp3) is 0.600. The van der Waals surface area contributed by atoms with Gasteiger partial charge in [-0.25, -0.2) is 9.69 Å². The van der Waals surface area contributed by atoms with E-state index in [2.05, 4.69) is 26.1 Å². The van der Waals surface area contributed by atoms with Gasteiger partial charge in [-0.15, -0.1) is 0 Å². The molecule has 2 aliphatic rings. The fourth-order valence-corrected chi connectivity index (χ4v) is 4.95. The summed E-state index contributed by atoms with van der Waals surface area (Å²) in [6.45, 7) is 7.45. The molecule has 1 heterocycles. The summed E-state index contributed by atoms with van der Waals surface area (Å²) in [5, 5.41) is 3.72. The fourth-order valence-electron chi connectivity index (χ4n) is 4.83. The Balaban J connectivity index is 1.70. The van der Waals surface area contributed by atoms with Gasteiger partial charge in [-0.2, -0.15) is 0 Å². The van der Waals surface area contributed by atoms with Crippen LogP contribution in [0.4, 0.5) is 4.79 Å². The number of carbonyl (C=O) groups is 2. The third-order valence-corrected chi connectivity index (χ3v) is 5.62. The number of imide groups is 1. The minimum atomic E-state index is -0.737. The molecule has 0 bridgehead atoms. The van der Waals surface area contributed by atoms with Crippen LogP contribution in [-0.4, -0.2) is 41.0 Å². The Kier molecular flexibility index (Phi) is 5.06. The predicted octanol–water partition coefficient (Wildman–Crippen LogP) is 3.87. The van der Waals surface area contributed by atoms with Crippen molar-refractivity contribution in [1.29, 1.82) is 0 Å². The van der Waals surface area contributed by atoms with Crippen molar-refractivity contribution in [2.75, 3.05) is 13.7 Å². The molecule has 1 aliphatic carbocycles. The van der Waals surface area contributed by atoms with Crippen LogP contribution in [0.25, 0.3) is 0 Å². The Hall–Kier alpha value is -1.59. The van der Waals surface area contributed by atoms with Gasteiger partial charge in [0.25, 0.3) is 5.91 Å². The number of nitrogens with zero attached hydrogens (tertiary/aromatic N) is 2. The molecule has 1 N–H and O–H groups in total. The maximum Gasteiger partial charge on any atom is 0.326 e. The van der Waals surface area contributed by atoms with E-state index in [0.29, 0.717) is 23.9 Å². The topological polar surface area (TPSA) is 52.7 Å². The summed E-state index contributed by atoms with van der Waals surface area (Å²) in [6, 6.07) is 7.33. The van der Waals surface area contributed by atoms with Gasteiger partial charge in [0.1, 0.15) is 5.54 Å². The highest BCUT2D eigenvalue weighted by Gasteiger charge is 2.56. The molecule has 1 saturated heterocycles. The quantitative estimate of drug-likeness (QED) is 0.810. The van der Waals surface area contributed by atoms with Crippen LogP contribution in [0.2, 0.25) is 5.02 Å². The lowest BCUT2D eigenvalue weighted by molar-refractivity contribution is -0.136. The maximum absolute atomic E-state index is 13.2. The van der Waals surface area contributed by atoms with E-state index < -0.39 is 5.54 Å². The smallest absolute Gasteiger partial charge is 0.323 e. The van der Waals surface area contributed by atoms with Crippen LogP contribution < -0.4 is 5.32 Å². The number of benzene rings is 1. The van der Waals surface area contributed by atoms with Crippen LogP contribution in [0.15, 0.2) is 24.3 Å². The Labute approximate surface area is 160 Å². The first-order valence-electron chi connectivity index (χ1n) is 9.17. The van der Waals surface area contributed by atoms with Gasteiger partial charge in [0.15, 0.2) is 0 Å². The van der Waals surface area contributed by atoms with Gasteiger partial charge >= 0.3 is 6.03 Å². The SMILES string of the molecule is CC1CC(C)(C)CC2(C1)NC(=O)N(CN(C)Cc1ccc(Cl)cc1)C2=O. The average molecular weight is 378 g/mol. The summed E-state index contributed by atoms with van der Waals surface area (Å²) >= 11 is 5.92. The van der Waals surface area contributed by atoms with Crippen molar-refractivity contribution in [3.05, 3.63) is 34.9 Å². The van der Waals surface area contributed by atoms with Crippen molar-refractivity contribution in [3.8, 4) is 0 Å². The second-order valence-corrected chi connectivity index (χ2v) is 9.32. The van der Waals surface area contributed by atoms with E-state index in [-0.39, 0.29) is 24.0 Å². The van der Waals surface area contributed by atoms with Gasteiger partial charge in [-0.3, -0.25) is 9.69 Å². The molecule has 1 aromatic rings. The zero-order valence-electron chi connectivity index (χ0n) is 16.0. The van der Waals surface area contributed by atoms with Crippen LogP contribution in [0.1, 0.15) is 45.6 Å². The van der Waals surface area contributed by atoms with Gasteiger partial charge in [-0.1, -0.05) is 44.5 Å². The number of carbonyl (C=O) groups excluding carboxylic acids is 2. The molecule has 1 saturated carbocycles. The van der Waals surface area contributed by atoms with E-state index in [0.717, 1.165) is 18.4 Å². The molecule has 26 heavy (non-hydrogen) atoms. The Morgan fingerprint density at radius 3 is 2.50 bits per heavy atom. The normalized spacial score (nSPS) is 28.1. The van der Waals surface area contributed by atoms with Gasteiger partial charge in [0.2, 0.25) is 0 Å². The molecule has 0 aromatic heterocycles. The van der Waals surface area contributed by atoms with Gasteiger partial charge in [0, 0.05) is 11.6 Å². The second kappa shape index (κ2) is 6.86. The molecular weight excluding hydrogens is 350 g/mol. The maximum atomic E-state index is 13.2. The standard InChI is InChI=1S/C20H28ClN3O2/c1-14-9-19(2,3)12-20(10-14)17(25)24(18(26)22-20)13-23(4)11-15-5-7-16(21)8-6-15/h5-8,14H,9-13H2,1-4H3,(H,22,26). The number of rotatable bonds is 4. The highest BCUT2D eigenvalue weighted by molar-refractivity contribution is 6.30. The van der Waals surface area contributed by atoms with Crippen LogP contribution in [-0.2, 0) is 11.3 Å². The zero-order chi connectivity index (χ0) is 19.1. The molecule has 5 nitrogen and oxygen atoms in total. The monoisotopic (exact) mass is 377 g/mol. The molecule has 1 aliphatic heterocycles. The lowest BCUT2D eigenvalue weighted by atomic mass is 9.64. The lowest BCUT2D eigenvalue weighted by Crippen LogP contribution is -2.54. The summed E-state index contributed by atoms with van der Waals surface area (Å²) in [5.41, 5.74) is 0.400. The molecule has 1 spiro atoms. The Morgan fingerprint density at radius 1 is 1.23 bits per heavy atom. The van der Waals surface area contributed by atoms with Crippen molar-refractivity contribution < 1.29 is 9.59 Å². The van der Waals surface area contributed by atoms with Crippen LogP contribution >= 0.6 is 11.6 Å². The first-order chi connectivity index (χ1) is 12.1. The van der Waals surface area contributed by atoms with E-state index in [1.807, 2.05) is 36.2 Å².